The topological polar surface area (TPSA) is 38.3 Å². The average Bonchev–Trinajstić information content (AvgIpc) is 2.98. The molecule has 1 aromatic carbocycles. The first-order chi connectivity index (χ1) is 11.4. The van der Waals surface area contributed by atoms with Crippen LogP contribution in [-0.4, -0.2) is 26.0 Å². The fourth-order valence-corrected chi connectivity index (χ4v) is 2.88. The van der Waals surface area contributed by atoms with Crippen molar-refractivity contribution in [3.63, 3.8) is 0 Å². The van der Waals surface area contributed by atoms with Crippen LogP contribution >= 0.6 is 0 Å². The molecule has 4 heteroatoms. The third-order valence-corrected chi connectivity index (χ3v) is 4.76. The maximum absolute atomic E-state index is 13.0. The molecule has 3 nitrogen and oxygen atoms in total. The number of benzene rings is 1. The van der Waals surface area contributed by atoms with E-state index in [1.165, 1.54) is 52.1 Å². The molecule has 1 N–H and O–H groups in total. The summed E-state index contributed by atoms with van der Waals surface area (Å²) in [5.41, 5.74) is 0.685. The van der Waals surface area contributed by atoms with Crippen molar-refractivity contribution in [2.24, 2.45) is 11.3 Å². The Balaban J connectivity index is 0.000000405. The summed E-state index contributed by atoms with van der Waals surface area (Å²) in [7, 11) is 1.45. The van der Waals surface area contributed by atoms with Gasteiger partial charge in [0.15, 0.2) is 5.78 Å². The zero-order chi connectivity index (χ0) is 18.8. The minimum Gasteiger partial charge on any atom is -0.497 e. The van der Waals surface area contributed by atoms with Gasteiger partial charge in [-0.3, -0.25) is 4.79 Å². The summed E-state index contributed by atoms with van der Waals surface area (Å²) in [6.07, 6.45) is 2.65. The third kappa shape index (κ3) is 6.23. The number of halogens is 1. The number of nitrogens with one attached hydrogen (secondary N) is 1. The number of methoxy groups -OCH3 is 1. The van der Waals surface area contributed by atoms with Crippen LogP contribution in [0.25, 0.3) is 0 Å². The number of ketones is 1. The Hall–Kier alpha value is -1.42. The number of hydrogen-bond donors (Lipinski definition) is 1. The second kappa shape index (κ2) is 11.2. The van der Waals surface area contributed by atoms with Gasteiger partial charge in [-0.15, -0.1) is 0 Å². The third-order valence-electron chi connectivity index (χ3n) is 4.76. The summed E-state index contributed by atoms with van der Waals surface area (Å²) in [5.74, 6) is 0.506. The van der Waals surface area contributed by atoms with Crippen molar-refractivity contribution >= 4 is 5.78 Å². The van der Waals surface area contributed by atoms with Crippen molar-refractivity contribution in [1.29, 1.82) is 0 Å². The Morgan fingerprint density at radius 3 is 2.38 bits per heavy atom. The standard InChI is InChI=1S/C9H9FO2.C9H19N.C2H6/c1-6(11)8-4-3-7(12-2)5-9(8)10;1-4-8-6-10-7-9(8,3)5-2;1-2/h3-5H,1-2H3;8,10H,4-7H2,1-3H3;1-2H3/t;8?,9-;/m.1./s1. The van der Waals surface area contributed by atoms with Gasteiger partial charge in [0.1, 0.15) is 11.6 Å². The van der Waals surface area contributed by atoms with Gasteiger partial charge in [-0.05, 0) is 43.4 Å². The lowest BCUT2D eigenvalue weighted by atomic mass is 9.76. The minimum atomic E-state index is -0.540. The molecule has 24 heavy (non-hydrogen) atoms. The Morgan fingerprint density at radius 1 is 1.38 bits per heavy atom. The van der Waals surface area contributed by atoms with E-state index in [1.54, 1.807) is 6.07 Å². The quantitative estimate of drug-likeness (QED) is 0.776. The van der Waals surface area contributed by atoms with E-state index in [9.17, 15) is 9.18 Å². The van der Waals surface area contributed by atoms with Crippen LogP contribution in [-0.2, 0) is 0 Å². The molecule has 1 aromatic rings. The van der Waals surface area contributed by atoms with Crippen LogP contribution < -0.4 is 10.1 Å². The van der Waals surface area contributed by atoms with Crippen molar-refractivity contribution in [1.82, 2.24) is 5.32 Å². The summed E-state index contributed by atoms with van der Waals surface area (Å²) >= 11 is 0. The Bertz CT molecular complexity index is 504. The SMILES string of the molecule is CC.CCC1CNC[C@@]1(C)CC.COc1ccc(C(C)=O)c(F)c1. The summed E-state index contributed by atoms with van der Waals surface area (Å²) in [4.78, 5) is 10.8. The largest absolute Gasteiger partial charge is 0.497 e. The highest BCUT2D eigenvalue weighted by molar-refractivity contribution is 5.94. The lowest BCUT2D eigenvalue weighted by molar-refractivity contribution is 0.101. The second-order valence-corrected chi connectivity index (χ2v) is 6.15. The van der Waals surface area contributed by atoms with E-state index in [2.05, 4.69) is 26.1 Å². The lowest BCUT2D eigenvalue weighted by Crippen LogP contribution is -2.24. The first-order valence-electron chi connectivity index (χ1n) is 8.93. The van der Waals surface area contributed by atoms with Crippen LogP contribution in [0.4, 0.5) is 4.39 Å². The normalized spacial score (nSPS) is 21.9. The van der Waals surface area contributed by atoms with Crippen LogP contribution in [0.1, 0.15) is 64.7 Å². The zero-order valence-corrected chi connectivity index (χ0v) is 16.3. The predicted molar refractivity (Wildman–Crippen MR) is 99.4 cm³/mol. The maximum Gasteiger partial charge on any atom is 0.162 e. The molecule has 2 rings (SSSR count). The number of hydrogen-bond acceptors (Lipinski definition) is 3. The molecule has 1 saturated heterocycles. The van der Waals surface area contributed by atoms with Crippen molar-refractivity contribution in [3.8, 4) is 5.75 Å². The monoisotopic (exact) mass is 339 g/mol. The Labute approximate surface area is 147 Å². The van der Waals surface area contributed by atoms with Crippen LogP contribution in [0.5, 0.6) is 5.75 Å². The molecule has 0 aliphatic carbocycles. The molecule has 1 fully saturated rings. The van der Waals surface area contributed by atoms with Gasteiger partial charge >= 0.3 is 0 Å². The first kappa shape index (κ1) is 22.6. The summed E-state index contributed by atoms with van der Waals surface area (Å²) in [5, 5.41) is 3.46. The van der Waals surface area contributed by atoms with Gasteiger partial charge in [-0.2, -0.15) is 0 Å². The smallest absolute Gasteiger partial charge is 0.162 e. The Morgan fingerprint density at radius 2 is 2.00 bits per heavy atom. The van der Waals surface area contributed by atoms with Crippen molar-refractivity contribution in [2.45, 2.75) is 54.4 Å². The van der Waals surface area contributed by atoms with Gasteiger partial charge in [0.05, 0.1) is 12.7 Å². The summed E-state index contributed by atoms with van der Waals surface area (Å²) in [6.45, 7) is 14.8. The van der Waals surface area contributed by atoms with Crippen LogP contribution in [0, 0.1) is 17.2 Å². The predicted octanol–water partition coefficient (Wildman–Crippen LogP) is 5.10. The number of ether oxygens (including phenoxy) is 1. The van der Waals surface area contributed by atoms with Gasteiger partial charge in [-0.1, -0.05) is 41.0 Å². The van der Waals surface area contributed by atoms with Gasteiger partial charge in [0.2, 0.25) is 0 Å². The molecule has 0 spiro atoms. The van der Waals surface area contributed by atoms with Crippen molar-refractivity contribution in [3.05, 3.63) is 29.6 Å². The fraction of sp³-hybridized carbons (Fsp3) is 0.650. The van der Waals surface area contributed by atoms with E-state index in [0.717, 1.165) is 5.92 Å². The van der Waals surface area contributed by atoms with Gasteiger partial charge < -0.3 is 10.1 Å². The van der Waals surface area contributed by atoms with Crippen LogP contribution in [0.3, 0.4) is 0 Å². The van der Waals surface area contributed by atoms with E-state index >= 15 is 0 Å². The van der Waals surface area contributed by atoms with Gasteiger partial charge in [-0.25, -0.2) is 4.39 Å². The molecule has 138 valence electrons. The molecule has 0 aromatic heterocycles. The highest BCUT2D eigenvalue weighted by Gasteiger charge is 2.35. The van der Waals surface area contributed by atoms with Gasteiger partial charge in [0, 0.05) is 12.6 Å². The first-order valence-corrected chi connectivity index (χ1v) is 8.93. The van der Waals surface area contributed by atoms with E-state index in [-0.39, 0.29) is 11.3 Å². The highest BCUT2D eigenvalue weighted by Crippen LogP contribution is 2.35. The molecule has 0 amide bonds. The molecule has 0 bridgehead atoms. The number of Topliss-reactive ketones (excluding diaryl/α,β-unsaturated/α-hetero) is 1. The molecular formula is C20H34FNO2. The summed E-state index contributed by atoms with van der Waals surface area (Å²) in [6, 6.07) is 4.16. The molecular weight excluding hydrogens is 305 g/mol. The van der Waals surface area contributed by atoms with Crippen LogP contribution in [0.2, 0.25) is 0 Å². The number of carbonyl (C=O) groups is 1. The minimum absolute atomic E-state index is 0.0933. The molecule has 1 heterocycles. The van der Waals surface area contributed by atoms with Crippen LogP contribution in [0.15, 0.2) is 18.2 Å². The molecule has 1 unspecified atom stereocenters. The summed E-state index contributed by atoms with van der Waals surface area (Å²) < 4.78 is 17.8. The lowest BCUT2D eigenvalue weighted by Gasteiger charge is -2.28. The van der Waals surface area contributed by atoms with E-state index in [4.69, 9.17) is 4.74 Å². The Kier molecular flexibility index (Phi) is 10.5. The van der Waals surface area contributed by atoms with E-state index in [1.807, 2.05) is 13.8 Å². The van der Waals surface area contributed by atoms with Crippen molar-refractivity contribution < 1.29 is 13.9 Å². The number of rotatable bonds is 4. The van der Waals surface area contributed by atoms with E-state index in [0.29, 0.717) is 11.2 Å². The van der Waals surface area contributed by atoms with Crippen molar-refractivity contribution in [2.75, 3.05) is 20.2 Å². The maximum atomic E-state index is 13.0. The second-order valence-electron chi connectivity index (χ2n) is 6.15. The molecule has 0 saturated carbocycles. The number of carbonyl (C=O) groups excluding carboxylic acids is 1. The van der Waals surface area contributed by atoms with Gasteiger partial charge in [0.25, 0.3) is 0 Å². The highest BCUT2D eigenvalue weighted by atomic mass is 19.1. The van der Waals surface area contributed by atoms with E-state index < -0.39 is 5.82 Å². The molecule has 2 atom stereocenters. The molecule has 1 aliphatic rings. The molecule has 0 radical (unpaired) electrons. The zero-order valence-electron chi connectivity index (χ0n) is 16.3. The fourth-order valence-electron chi connectivity index (χ4n) is 2.88. The average molecular weight is 339 g/mol. The molecule has 1 aliphatic heterocycles.